The monoisotopic (exact) mass is 292 g/mol. The van der Waals surface area contributed by atoms with Gasteiger partial charge in [0, 0.05) is 18.0 Å². The van der Waals surface area contributed by atoms with E-state index in [1.807, 2.05) is 13.0 Å². The number of aryl methyl sites for hydroxylation is 1. The maximum atomic E-state index is 13.5. The van der Waals surface area contributed by atoms with Crippen molar-refractivity contribution in [2.45, 2.75) is 51.6 Å². The van der Waals surface area contributed by atoms with Crippen LogP contribution in [0.1, 0.15) is 38.7 Å². The predicted molar refractivity (Wildman–Crippen MR) is 82.5 cm³/mol. The molecule has 0 aliphatic carbocycles. The summed E-state index contributed by atoms with van der Waals surface area (Å²) in [7, 11) is 0. The molecule has 0 spiro atoms. The van der Waals surface area contributed by atoms with Crippen LogP contribution in [-0.4, -0.2) is 24.5 Å². The van der Waals surface area contributed by atoms with Gasteiger partial charge in [-0.15, -0.1) is 0 Å². The van der Waals surface area contributed by atoms with Crippen molar-refractivity contribution < 1.29 is 9.18 Å². The van der Waals surface area contributed by atoms with Gasteiger partial charge in [-0.3, -0.25) is 4.79 Å². The fraction of sp³-hybridized carbons (Fsp3) is 0.588. The number of benzene rings is 1. The van der Waals surface area contributed by atoms with Crippen LogP contribution in [0.2, 0.25) is 0 Å². The first-order valence-corrected chi connectivity index (χ1v) is 7.83. The highest BCUT2D eigenvalue weighted by Crippen LogP contribution is 2.14. The highest BCUT2D eigenvalue weighted by atomic mass is 19.1. The van der Waals surface area contributed by atoms with Crippen molar-refractivity contribution >= 4 is 5.91 Å². The van der Waals surface area contributed by atoms with Gasteiger partial charge < -0.3 is 10.6 Å². The van der Waals surface area contributed by atoms with Crippen molar-refractivity contribution in [2.24, 2.45) is 5.92 Å². The molecule has 1 aliphatic heterocycles. The first kappa shape index (κ1) is 16.0. The Morgan fingerprint density at radius 2 is 2.24 bits per heavy atom. The lowest BCUT2D eigenvalue weighted by Crippen LogP contribution is -2.47. The number of rotatable bonds is 5. The molecule has 4 heteroatoms. The molecule has 0 aromatic heterocycles. The van der Waals surface area contributed by atoms with Crippen LogP contribution in [0.25, 0.3) is 0 Å². The summed E-state index contributed by atoms with van der Waals surface area (Å²) in [5.74, 6) is -0.183. The fourth-order valence-electron chi connectivity index (χ4n) is 2.81. The third-order valence-corrected chi connectivity index (χ3v) is 4.22. The Balaban J connectivity index is 1.78. The Morgan fingerprint density at radius 3 is 2.95 bits per heavy atom. The molecule has 3 nitrogen and oxygen atoms in total. The van der Waals surface area contributed by atoms with Gasteiger partial charge in [0.25, 0.3) is 0 Å². The Kier molecular flexibility index (Phi) is 5.74. The summed E-state index contributed by atoms with van der Waals surface area (Å²) >= 11 is 0. The number of piperidine rings is 1. The molecule has 1 aromatic rings. The molecule has 1 heterocycles. The average Bonchev–Trinajstić information content (AvgIpc) is 2.46. The normalized spacial score (nSPS) is 23.6. The second-order valence-corrected chi connectivity index (χ2v) is 6.12. The van der Waals surface area contributed by atoms with Crippen LogP contribution in [0.4, 0.5) is 4.39 Å². The van der Waals surface area contributed by atoms with Gasteiger partial charge in [0.15, 0.2) is 0 Å². The van der Waals surface area contributed by atoms with Crippen molar-refractivity contribution in [2.75, 3.05) is 6.54 Å². The zero-order valence-electron chi connectivity index (χ0n) is 12.9. The molecule has 1 aromatic carbocycles. The topological polar surface area (TPSA) is 41.1 Å². The SMILES string of the molecule is CC1CC(NC(=O)C(C)CCc2ccccc2F)CCN1. The van der Waals surface area contributed by atoms with E-state index >= 15 is 0 Å². The number of hydrogen-bond donors (Lipinski definition) is 2. The van der Waals surface area contributed by atoms with Gasteiger partial charge in [-0.05, 0) is 50.8 Å². The lowest BCUT2D eigenvalue weighted by Gasteiger charge is -2.29. The minimum absolute atomic E-state index is 0.0882. The smallest absolute Gasteiger partial charge is 0.223 e. The molecule has 21 heavy (non-hydrogen) atoms. The second kappa shape index (κ2) is 7.55. The maximum absolute atomic E-state index is 13.5. The Morgan fingerprint density at radius 1 is 1.48 bits per heavy atom. The molecule has 0 radical (unpaired) electrons. The molecule has 116 valence electrons. The molecule has 1 saturated heterocycles. The number of amides is 1. The van der Waals surface area contributed by atoms with Crippen molar-refractivity contribution in [3.05, 3.63) is 35.6 Å². The van der Waals surface area contributed by atoms with Crippen LogP contribution in [0, 0.1) is 11.7 Å². The van der Waals surface area contributed by atoms with E-state index in [2.05, 4.69) is 17.6 Å². The fourth-order valence-corrected chi connectivity index (χ4v) is 2.81. The summed E-state index contributed by atoms with van der Waals surface area (Å²) in [5.41, 5.74) is 0.688. The van der Waals surface area contributed by atoms with Gasteiger partial charge in [0.05, 0.1) is 0 Å². The molecular formula is C17H25FN2O. The Bertz CT molecular complexity index is 478. The summed E-state index contributed by atoms with van der Waals surface area (Å²) < 4.78 is 13.5. The predicted octanol–water partition coefficient (Wildman–Crippen LogP) is 2.65. The lowest BCUT2D eigenvalue weighted by atomic mass is 9.97. The lowest BCUT2D eigenvalue weighted by molar-refractivity contribution is -0.125. The number of halogens is 1. The Hall–Kier alpha value is -1.42. The summed E-state index contributed by atoms with van der Waals surface area (Å²) in [6.45, 7) is 5.01. The number of nitrogens with one attached hydrogen (secondary N) is 2. The van der Waals surface area contributed by atoms with Crippen LogP contribution >= 0.6 is 0 Å². The Labute approximate surface area is 126 Å². The van der Waals surface area contributed by atoms with Gasteiger partial charge in [-0.1, -0.05) is 25.1 Å². The van der Waals surface area contributed by atoms with Gasteiger partial charge in [0.2, 0.25) is 5.91 Å². The molecule has 3 atom stereocenters. The summed E-state index contributed by atoms with van der Waals surface area (Å²) in [4.78, 5) is 12.2. The van der Waals surface area contributed by atoms with Gasteiger partial charge in [-0.2, -0.15) is 0 Å². The largest absolute Gasteiger partial charge is 0.353 e. The van der Waals surface area contributed by atoms with Gasteiger partial charge >= 0.3 is 0 Å². The third-order valence-electron chi connectivity index (χ3n) is 4.22. The zero-order valence-corrected chi connectivity index (χ0v) is 12.9. The minimum atomic E-state index is -0.183. The molecule has 0 bridgehead atoms. The van der Waals surface area contributed by atoms with Crippen LogP contribution in [0.15, 0.2) is 24.3 Å². The quantitative estimate of drug-likeness (QED) is 0.876. The molecule has 1 amide bonds. The van der Waals surface area contributed by atoms with Crippen LogP contribution in [0.5, 0.6) is 0 Å². The number of hydrogen-bond acceptors (Lipinski definition) is 2. The van der Waals surface area contributed by atoms with E-state index in [-0.39, 0.29) is 23.7 Å². The highest BCUT2D eigenvalue weighted by molar-refractivity contribution is 5.78. The highest BCUT2D eigenvalue weighted by Gasteiger charge is 2.22. The van der Waals surface area contributed by atoms with Crippen molar-refractivity contribution in [1.82, 2.24) is 10.6 Å². The van der Waals surface area contributed by atoms with Crippen molar-refractivity contribution in [3.63, 3.8) is 0 Å². The summed E-state index contributed by atoms with van der Waals surface area (Å²) in [6, 6.07) is 7.50. The standard InChI is InChI=1S/C17H25FN2O/c1-12(7-8-14-5-3-4-6-16(14)18)17(21)20-15-9-10-19-13(2)11-15/h3-6,12-13,15,19H,7-11H2,1-2H3,(H,20,21). The average molecular weight is 292 g/mol. The molecule has 2 rings (SSSR count). The van der Waals surface area contributed by atoms with E-state index in [4.69, 9.17) is 0 Å². The molecule has 0 saturated carbocycles. The zero-order chi connectivity index (χ0) is 15.2. The van der Waals surface area contributed by atoms with E-state index in [0.717, 1.165) is 19.4 Å². The van der Waals surface area contributed by atoms with E-state index < -0.39 is 0 Å². The van der Waals surface area contributed by atoms with E-state index in [1.54, 1.807) is 12.1 Å². The first-order chi connectivity index (χ1) is 10.1. The van der Waals surface area contributed by atoms with E-state index in [9.17, 15) is 9.18 Å². The molecule has 1 fully saturated rings. The van der Waals surface area contributed by atoms with Gasteiger partial charge in [-0.25, -0.2) is 4.39 Å². The second-order valence-electron chi connectivity index (χ2n) is 6.12. The van der Waals surface area contributed by atoms with Crippen molar-refractivity contribution in [3.8, 4) is 0 Å². The van der Waals surface area contributed by atoms with E-state index in [1.165, 1.54) is 6.07 Å². The van der Waals surface area contributed by atoms with Gasteiger partial charge in [0.1, 0.15) is 5.82 Å². The van der Waals surface area contributed by atoms with Crippen LogP contribution in [0.3, 0.4) is 0 Å². The molecular weight excluding hydrogens is 267 g/mol. The minimum Gasteiger partial charge on any atom is -0.353 e. The maximum Gasteiger partial charge on any atom is 0.223 e. The van der Waals surface area contributed by atoms with Crippen LogP contribution < -0.4 is 10.6 Å². The van der Waals surface area contributed by atoms with Crippen molar-refractivity contribution in [1.29, 1.82) is 0 Å². The number of carbonyl (C=O) groups is 1. The third kappa shape index (κ3) is 4.81. The summed E-state index contributed by atoms with van der Waals surface area (Å²) in [5, 5.41) is 6.50. The molecule has 2 N–H and O–H groups in total. The van der Waals surface area contributed by atoms with Crippen LogP contribution in [-0.2, 0) is 11.2 Å². The molecule has 1 aliphatic rings. The van der Waals surface area contributed by atoms with E-state index in [0.29, 0.717) is 24.4 Å². The summed E-state index contributed by atoms with van der Waals surface area (Å²) in [6.07, 6.45) is 3.24. The first-order valence-electron chi connectivity index (χ1n) is 7.83. The number of carbonyl (C=O) groups excluding carboxylic acids is 1. The molecule has 3 unspecified atom stereocenters.